The molecule has 0 saturated carbocycles. The minimum absolute atomic E-state index is 0. The molecular weight excluding hydrogens is 374 g/mol. The van der Waals surface area contributed by atoms with Crippen LogP contribution in [0.5, 0.6) is 0 Å². The first-order valence-corrected chi connectivity index (χ1v) is 11.1. The Morgan fingerprint density at radius 1 is 0.480 bits per heavy atom. The van der Waals surface area contributed by atoms with Crippen molar-refractivity contribution in [1.29, 1.82) is 0 Å². The van der Waals surface area contributed by atoms with Crippen LogP contribution in [0.25, 0.3) is 0 Å². The van der Waals surface area contributed by atoms with Gasteiger partial charge >= 0.3 is 0 Å². The van der Waals surface area contributed by atoms with Crippen LogP contribution in [0, 0.1) is 0 Å². The Morgan fingerprint density at radius 2 is 0.720 bits per heavy atom. The lowest BCUT2D eigenvalue weighted by atomic mass is 10.0. The van der Waals surface area contributed by atoms with Gasteiger partial charge in [0.2, 0.25) is 0 Å². The van der Waals surface area contributed by atoms with Crippen LogP contribution in [0.15, 0.2) is 0 Å². The van der Waals surface area contributed by atoms with E-state index in [0.717, 1.165) is 13.0 Å². The topological polar surface area (TPSA) is 20.2 Å². The van der Waals surface area contributed by atoms with Crippen molar-refractivity contribution < 1.29 is 26.8 Å². The molecule has 0 saturated heterocycles. The molecule has 0 aromatic rings. The van der Waals surface area contributed by atoms with Crippen LogP contribution in [0.4, 0.5) is 0 Å². The monoisotopic (exact) mass is 421 g/mol. The van der Waals surface area contributed by atoms with Gasteiger partial charge in [-0.2, -0.15) is 4.65 Å². The lowest BCUT2D eigenvalue weighted by Crippen LogP contribution is -3.00. The van der Waals surface area contributed by atoms with Crippen molar-refractivity contribution >= 4 is 0 Å². The minimum Gasteiger partial charge on any atom is -1.00 e. The Balaban J connectivity index is 0. The molecule has 2 nitrogen and oxygen atoms in total. The third kappa shape index (κ3) is 26.7. The molecule has 154 valence electrons. The lowest BCUT2D eigenvalue weighted by molar-refractivity contribution is -1.07. The lowest BCUT2D eigenvalue weighted by Gasteiger charge is -2.18. The average Bonchev–Trinajstić information content (AvgIpc) is 2.52. The Morgan fingerprint density at radius 3 is 0.960 bits per heavy atom. The molecule has 0 aliphatic carbocycles. The summed E-state index contributed by atoms with van der Waals surface area (Å²) in [5, 5.41) is 9.59. The molecule has 0 atom stereocenters. The molecule has 0 aromatic carbocycles. The van der Waals surface area contributed by atoms with E-state index in [9.17, 15) is 5.21 Å². The predicted molar refractivity (Wildman–Crippen MR) is 108 cm³/mol. The maximum absolute atomic E-state index is 9.59. The molecule has 25 heavy (non-hydrogen) atoms. The molecule has 0 spiro atoms. The predicted octanol–water partition coefficient (Wildman–Crippen LogP) is 4.50. The summed E-state index contributed by atoms with van der Waals surface area (Å²) in [4.78, 5) is 0. The summed E-state index contributed by atoms with van der Waals surface area (Å²) in [6.07, 6.45) is 25.4. The van der Waals surface area contributed by atoms with E-state index in [1.807, 2.05) is 14.1 Å². The van der Waals surface area contributed by atoms with Crippen molar-refractivity contribution in [2.45, 2.75) is 122 Å². The van der Waals surface area contributed by atoms with E-state index in [-0.39, 0.29) is 21.6 Å². The summed E-state index contributed by atoms with van der Waals surface area (Å²) in [7, 11) is 3.71. The van der Waals surface area contributed by atoms with Gasteiger partial charge in [0, 0.05) is 0 Å². The van der Waals surface area contributed by atoms with E-state index in [1.165, 1.54) is 109 Å². The highest BCUT2D eigenvalue weighted by Crippen LogP contribution is 2.14. The van der Waals surface area contributed by atoms with Crippen LogP contribution < -0.4 is 17.0 Å². The molecule has 0 unspecified atom stereocenters. The van der Waals surface area contributed by atoms with Crippen LogP contribution in [0.3, 0.4) is 0 Å². The molecule has 1 N–H and O–H groups in total. The maximum atomic E-state index is 9.59. The third-order valence-electron chi connectivity index (χ3n) is 5.06. The average molecular weight is 423 g/mol. The Bertz CT molecular complexity index is 241. The standard InChI is InChI=1S/C22H48NO.BrH/c1-4-5-6-7-8-9-10-11-12-13-14-15-16-17-18-19-20-21-22-23(2,3)24;/h24H,4-22H2,1-3H3;1H/q+1;/p-1. The zero-order valence-electron chi connectivity index (χ0n) is 17.7. The molecule has 0 bridgehead atoms. The number of nitrogens with zero attached hydrogens (tertiary/aromatic N) is 1. The van der Waals surface area contributed by atoms with Crippen molar-refractivity contribution in [2.24, 2.45) is 0 Å². The van der Waals surface area contributed by atoms with Crippen LogP contribution in [-0.4, -0.2) is 30.5 Å². The summed E-state index contributed by atoms with van der Waals surface area (Å²) in [5.74, 6) is 0. The van der Waals surface area contributed by atoms with E-state index in [1.54, 1.807) is 0 Å². The fraction of sp³-hybridized carbons (Fsp3) is 1.00. The van der Waals surface area contributed by atoms with Gasteiger partial charge in [-0.25, -0.2) is 5.21 Å². The number of rotatable bonds is 19. The van der Waals surface area contributed by atoms with Gasteiger partial charge in [0.05, 0.1) is 14.1 Å². The summed E-state index contributed by atoms with van der Waals surface area (Å²) >= 11 is 0. The highest BCUT2D eigenvalue weighted by atomic mass is 79.9. The number of hydrogen-bond acceptors (Lipinski definition) is 1. The Kier molecular flexibility index (Phi) is 22.9. The number of unbranched alkanes of at least 4 members (excludes halogenated alkanes) is 17. The summed E-state index contributed by atoms with van der Waals surface area (Å²) < 4.78 is 0.124. The normalized spacial score (nSPS) is 11.5. The number of halogens is 1. The molecule has 0 rings (SSSR count). The first kappa shape index (κ1) is 27.6. The van der Waals surface area contributed by atoms with E-state index in [2.05, 4.69) is 6.92 Å². The van der Waals surface area contributed by atoms with Crippen LogP contribution in [0.1, 0.15) is 122 Å². The van der Waals surface area contributed by atoms with Gasteiger partial charge in [0.25, 0.3) is 0 Å². The van der Waals surface area contributed by atoms with Crippen LogP contribution in [0.2, 0.25) is 0 Å². The smallest absolute Gasteiger partial charge is 0.108 e. The molecule has 0 fully saturated rings. The highest BCUT2D eigenvalue weighted by molar-refractivity contribution is 4.50. The fourth-order valence-electron chi connectivity index (χ4n) is 3.40. The Hall–Kier alpha value is 0.400. The SMILES string of the molecule is CCCCCCCCCCCCCCCCCCCC[N+](C)(C)O.[Br-]. The molecule has 0 aliphatic heterocycles. The first-order chi connectivity index (χ1) is 11.6. The van der Waals surface area contributed by atoms with Gasteiger partial charge < -0.3 is 17.0 Å². The van der Waals surface area contributed by atoms with E-state index >= 15 is 0 Å². The zero-order valence-corrected chi connectivity index (χ0v) is 19.3. The second kappa shape index (κ2) is 20.7. The van der Waals surface area contributed by atoms with Gasteiger partial charge in [-0.3, -0.25) is 0 Å². The second-order valence-electron chi connectivity index (χ2n) is 8.36. The maximum Gasteiger partial charge on any atom is 0.108 e. The van der Waals surface area contributed by atoms with Gasteiger partial charge in [0.1, 0.15) is 6.54 Å². The number of hydrogen-bond donors (Lipinski definition) is 1. The van der Waals surface area contributed by atoms with E-state index in [0.29, 0.717) is 0 Å². The molecule has 0 aromatic heterocycles. The molecule has 3 heteroatoms. The van der Waals surface area contributed by atoms with E-state index in [4.69, 9.17) is 0 Å². The van der Waals surface area contributed by atoms with Crippen molar-refractivity contribution in [3.8, 4) is 0 Å². The molecule has 0 amide bonds. The minimum atomic E-state index is 0. The molecular formula is C22H48BrNO. The third-order valence-corrected chi connectivity index (χ3v) is 5.06. The summed E-state index contributed by atoms with van der Waals surface area (Å²) in [6.45, 7) is 3.18. The molecule has 0 aliphatic rings. The quantitative estimate of drug-likeness (QED) is 0.185. The van der Waals surface area contributed by atoms with Crippen LogP contribution in [-0.2, 0) is 0 Å². The van der Waals surface area contributed by atoms with Crippen LogP contribution >= 0.6 is 0 Å². The van der Waals surface area contributed by atoms with Gasteiger partial charge in [-0.15, -0.1) is 0 Å². The summed E-state index contributed by atoms with van der Waals surface area (Å²) in [5.41, 5.74) is 0. The van der Waals surface area contributed by atoms with Crippen molar-refractivity contribution in [1.82, 2.24) is 0 Å². The second-order valence-corrected chi connectivity index (χ2v) is 8.36. The van der Waals surface area contributed by atoms with Gasteiger partial charge in [-0.1, -0.05) is 110 Å². The largest absolute Gasteiger partial charge is 1.00 e. The van der Waals surface area contributed by atoms with Crippen molar-refractivity contribution in [3.63, 3.8) is 0 Å². The van der Waals surface area contributed by atoms with Crippen molar-refractivity contribution in [2.75, 3.05) is 20.6 Å². The molecule has 0 radical (unpaired) electrons. The number of hydroxylamine groups is 3. The van der Waals surface area contributed by atoms with Crippen molar-refractivity contribution in [3.05, 3.63) is 0 Å². The highest BCUT2D eigenvalue weighted by Gasteiger charge is 2.08. The van der Waals surface area contributed by atoms with Gasteiger partial charge in [-0.05, 0) is 12.8 Å². The first-order valence-electron chi connectivity index (χ1n) is 11.1. The summed E-state index contributed by atoms with van der Waals surface area (Å²) in [6, 6.07) is 0. The number of quaternary nitrogens is 1. The Labute approximate surface area is 170 Å². The zero-order chi connectivity index (χ0) is 17.9. The van der Waals surface area contributed by atoms with E-state index < -0.39 is 0 Å². The fourth-order valence-corrected chi connectivity index (χ4v) is 3.40. The molecule has 0 heterocycles. The van der Waals surface area contributed by atoms with Gasteiger partial charge in [0.15, 0.2) is 0 Å².